The van der Waals surface area contributed by atoms with Crippen LogP contribution in [0.2, 0.25) is 0 Å². The molecule has 248 valence electrons. The van der Waals surface area contributed by atoms with E-state index in [1.807, 2.05) is 60.7 Å². The number of nitrogens with zero attached hydrogens (tertiary/aromatic N) is 4. The van der Waals surface area contributed by atoms with Crippen molar-refractivity contribution in [1.82, 2.24) is 19.5 Å². The first-order chi connectivity index (χ1) is 26.3. The summed E-state index contributed by atoms with van der Waals surface area (Å²) in [5, 5.41) is 4.93. The Hall–Kier alpha value is -7.17. The normalized spacial score (nSPS) is 11.4. The van der Waals surface area contributed by atoms with E-state index in [0.717, 1.165) is 33.5 Å². The summed E-state index contributed by atoms with van der Waals surface area (Å²) in [6.45, 7) is 0. The molecule has 4 heteroatoms. The van der Waals surface area contributed by atoms with Crippen molar-refractivity contribution in [2.24, 2.45) is 0 Å². The van der Waals surface area contributed by atoms with Crippen molar-refractivity contribution in [1.29, 1.82) is 0 Å². The van der Waals surface area contributed by atoms with Crippen LogP contribution in [0.1, 0.15) is 0 Å². The highest BCUT2D eigenvalue weighted by atomic mass is 15.0. The summed E-state index contributed by atoms with van der Waals surface area (Å²) in [5.41, 5.74) is 11.0. The van der Waals surface area contributed by atoms with Crippen LogP contribution >= 0.6 is 0 Å². The molecule has 0 radical (unpaired) electrons. The number of hydrogen-bond donors (Lipinski definition) is 0. The molecule has 0 amide bonds. The van der Waals surface area contributed by atoms with E-state index in [-0.39, 0.29) is 0 Å². The van der Waals surface area contributed by atoms with E-state index in [2.05, 4.69) is 138 Å². The fraction of sp³-hybridized carbons (Fsp3) is 0. The number of fused-ring (bicyclic) bond motifs is 5. The molecule has 0 saturated heterocycles. The summed E-state index contributed by atoms with van der Waals surface area (Å²) in [5.74, 6) is 1.95. The average Bonchev–Trinajstić information content (AvgIpc) is 3.59. The minimum atomic E-state index is 0.645. The second kappa shape index (κ2) is 12.9. The van der Waals surface area contributed by atoms with Gasteiger partial charge in [0.2, 0.25) is 0 Å². The van der Waals surface area contributed by atoms with Crippen molar-refractivity contribution in [3.63, 3.8) is 0 Å². The molecule has 2 heterocycles. The number of hydrogen-bond acceptors (Lipinski definition) is 3. The number of rotatable bonds is 6. The van der Waals surface area contributed by atoms with Crippen molar-refractivity contribution in [2.45, 2.75) is 0 Å². The van der Waals surface area contributed by atoms with Crippen molar-refractivity contribution < 1.29 is 0 Å². The highest BCUT2D eigenvalue weighted by Gasteiger charge is 2.17. The van der Waals surface area contributed by atoms with Gasteiger partial charge in [-0.15, -0.1) is 0 Å². The molecule has 2 aromatic heterocycles. The van der Waals surface area contributed by atoms with Crippen LogP contribution in [-0.4, -0.2) is 19.5 Å². The fourth-order valence-electron chi connectivity index (χ4n) is 7.49. The summed E-state index contributed by atoms with van der Waals surface area (Å²) in [4.78, 5) is 14.8. The lowest BCUT2D eigenvalue weighted by atomic mass is 9.97. The van der Waals surface area contributed by atoms with Crippen LogP contribution in [0.5, 0.6) is 0 Å². The van der Waals surface area contributed by atoms with Crippen LogP contribution in [0.15, 0.2) is 194 Å². The SMILES string of the molecule is c1ccc(-c2cccc(-n3c4ccccc4c4c5ccc(-c6cccc(-c7nc(-c8ccccc8)nc(-c8ccccc8)n7)c6)cc5ccc43)c2)cc1. The zero-order valence-corrected chi connectivity index (χ0v) is 28.8. The maximum Gasteiger partial charge on any atom is 0.164 e. The third kappa shape index (κ3) is 5.54. The first kappa shape index (κ1) is 30.6. The highest BCUT2D eigenvalue weighted by molar-refractivity contribution is 6.21. The molecule has 0 spiro atoms. The minimum Gasteiger partial charge on any atom is -0.309 e. The molecule has 4 nitrogen and oxygen atoms in total. The molecule has 8 aromatic carbocycles. The molecule has 0 aliphatic rings. The quantitative estimate of drug-likeness (QED) is 0.176. The molecule has 53 heavy (non-hydrogen) atoms. The van der Waals surface area contributed by atoms with Crippen molar-refractivity contribution in [2.75, 3.05) is 0 Å². The van der Waals surface area contributed by atoms with E-state index in [0.29, 0.717) is 17.5 Å². The van der Waals surface area contributed by atoms with Gasteiger partial charge in [0.05, 0.1) is 11.0 Å². The molecule has 0 aliphatic carbocycles. The van der Waals surface area contributed by atoms with Gasteiger partial charge in [0.15, 0.2) is 17.5 Å². The Morgan fingerprint density at radius 3 is 1.53 bits per heavy atom. The lowest BCUT2D eigenvalue weighted by Crippen LogP contribution is -2.00. The third-order valence-electron chi connectivity index (χ3n) is 10.0. The van der Waals surface area contributed by atoms with Crippen molar-refractivity contribution >= 4 is 32.6 Å². The van der Waals surface area contributed by atoms with Crippen molar-refractivity contribution in [3.05, 3.63) is 194 Å². The molecule has 0 fully saturated rings. The Kier molecular flexibility index (Phi) is 7.43. The van der Waals surface area contributed by atoms with E-state index in [1.165, 1.54) is 43.7 Å². The highest BCUT2D eigenvalue weighted by Crippen LogP contribution is 2.39. The Bertz CT molecular complexity index is 2870. The molecular weight excluding hydrogens is 645 g/mol. The molecule has 10 rings (SSSR count). The Balaban J connectivity index is 1.08. The largest absolute Gasteiger partial charge is 0.309 e. The molecule has 0 N–H and O–H groups in total. The lowest BCUT2D eigenvalue weighted by Gasteiger charge is -2.11. The third-order valence-corrected chi connectivity index (χ3v) is 10.0. The van der Waals surface area contributed by atoms with E-state index >= 15 is 0 Å². The van der Waals surface area contributed by atoms with Gasteiger partial charge < -0.3 is 4.57 Å². The van der Waals surface area contributed by atoms with Crippen LogP contribution in [0, 0.1) is 0 Å². The predicted octanol–water partition coefficient (Wildman–Crippen LogP) is 12.5. The molecule has 0 aliphatic heterocycles. The second-order valence-corrected chi connectivity index (χ2v) is 13.3. The summed E-state index contributed by atoms with van der Waals surface area (Å²) >= 11 is 0. The average molecular weight is 677 g/mol. The summed E-state index contributed by atoms with van der Waals surface area (Å²) < 4.78 is 2.40. The maximum absolute atomic E-state index is 4.97. The van der Waals surface area contributed by atoms with Gasteiger partial charge in [0.1, 0.15) is 0 Å². The second-order valence-electron chi connectivity index (χ2n) is 13.3. The van der Waals surface area contributed by atoms with Crippen molar-refractivity contribution in [3.8, 4) is 62.1 Å². The summed E-state index contributed by atoms with van der Waals surface area (Å²) in [6.07, 6.45) is 0. The minimum absolute atomic E-state index is 0.645. The standard InChI is InChI=1S/C49H32N4/c1-4-14-33(15-5-1)37-21-13-23-41(32-37)53-44-25-11-10-24-43(44)46-42-28-26-38(30-39(42)27-29-45(46)53)36-20-12-22-40(31-36)49-51-47(34-16-6-2-7-17-34)50-48(52-49)35-18-8-3-9-19-35/h1-32H. The zero-order valence-electron chi connectivity index (χ0n) is 28.8. The van der Waals surface area contributed by atoms with Crippen LogP contribution in [0.25, 0.3) is 94.7 Å². The maximum atomic E-state index is 4.97. The van der Waals surface area contributed by atoms with Gasteiger partial charge in [-0.05, 0) is 69.4 Å². The first-order valence-corrected chi connectivity index (χ1v) is 17.9. The molecule has 0 unspecified atom stereocenters. The number of aromatic nitrogens is 4. The van der Waals surface area contributed by atoms with Gasteiger partial charge in [0, 0.05) is 33.2 Å². The smallest absolute Gasteiger partial charge is 0.164 e. The summed E-state index contributed by atoms with van der Waals surface area (Å²) in [6, 6.07) is 68.2. The van der Waals surface area contributed by atoms with Gasteiger partial charge in [-0.1, -0.05) is 158 Å². The van der Waals surface area contributed by atoms with E-state index in [9.17, 15) is 0 Å². The zero-order chi connectivity index (χ0) is 35.1. The predicted molar refractivity (Wildman–Crippen MR) is 219 cm³/mol. The number of benzene rings is 8. The van der Waals surface area contributed by atoms with Crippen LogP contribution in [-0.2, 0) is 0 Å². The van der Waals surface area contributed by atoms with Gasteiger partial charge in [-0.3, -0.25) is 0 Å². The monoisotopic (exact) mass is 676 g/mol. The van der Waals surface area contributed by atoms with Crippen LogP contribution < -0.4 is 0 Å². The Labute approximate surface area is 307 Å². The lowest BCUT2D eigenvalue weighted by molar-refractivity contribution is 1.07. The van der Waals surface area contributed by atoms with E-state index in [1.54, 1.807) is 0 Å². The van der Waals surface area contributed by atoms with Crippen LogP contribution in [0.4, 0.5) is 0 Å². The van der Waals surface area contributed by atoms with Gasteiger partial charge in [0.25, 0.3) is 0 Å². The van der Waals surface area contributed by atoms with Crippen LogP contribution in [0.3, 0.4) is 0 Å². The van der Waals surface area contributed by atoms with Gasteiger partial charge >= 0.3 is 0 Å². The van der Waals surface area contributed by atoms with Gasteiger partial charge in [-0.2, -0.15) is 0 Å². The Morgan fingerprint density at radius 1 is 0.302 bits per heavy atom. The van der Waals surface area contributed by atoms with E-state index in [4.69, 9.17) is 15.0 Å². The molecule has 0 atom stereocenters. The fourth-order valence-corrected chi connectivity index (χ4v) is 7.49. The summed E-state index contributed by atoms with van der Waals surface area (Å²) in [7, 11) is 0. The molecular formula is C49H32N4. The van der Waals surface area contributed by atoms with E-state index < -0.39 is 0 Å². The molecule has 0 bridgehead atoms. The van der Waals surface area contributed by atoms with Gasteiger partial charge in [-0.25, -0.2) is 15.0 Å². The topological polar surface area (TPSA) is 43.6 Å². The number of para-hydroxylation sites is 1. The Morgan fingerprint density at radius 2 is 0.830 bits per heavy atom. The molecule has 10 aromatic rings. The molecule has 0 saturated carbocycles. The first-order valence-electron chi connectivity index (χ1n) is 17.9.